The van der Waals surface area contributed by atoms with Crippen LogP contribution in [0, 0.1) is 0 Å². The minimum Gasteiger partial charge on any atom is -0.408 e. The third-order valence-corrected chi connectivity index (χ3v) is 4.73. The Morgan fingerprint density at radius 1 is 1.14 bits per heavy atom. The van der Waals surface area contributed by atoms with Gasteiger partial charge in [-0.3, -0.25) is 4.98 Å². The van der Waals surface area contributed by atoms with Crippen molar-refractivity contribution in [1.29, 1.82) is 0 Å². The molecular formula is C14H11ClN2O4S. The third kappa shape index (κ3) is 3.06. The summed E-state index contributed by atoms with van der Waals surface area (Å²) in [7, 11) is -3.70. The van der Waals surface area contributed by atoms with Gasteiger partial charge in [0.05, 0.1) is 10.4 Å². The van der Waals surface area contributed by atoms with Crippen LogP contribution >= 0.6 is 11.6 Å². The molecule has 0 aliphatic heterocycles. The molecule has 0 aliphatic rings. The molecule has 2 aromatic carbocycles. The average molecular weight is 339 g/mol. The smallest absolute Gasteiger partial charge is 0.408 e. The van der Waals surface area contributed by atoms with Crippen LogP contribution in [0.2, 0.25) is 5.02 Å². The summed E-state index contributed by atoms with van der Waals surface area (Å²) in [5.41, 5.74) is 1.42. The molecule has 0 bridgehead atoms. The molecule has 0 amide bonds. The van der Waals surface area contributed by atoms with Crippen molar-refractivity contribution < 1.29 is 12.8 Å². The van der Waals surface area contributed by atoms with Crippen molar-refractivity contribution in [2.75, 3.05) is 0 Å². The summed E-state index contributed by atoms with van der Waals surface area (Å²) in [6, 6.07) is 11.0. The van der Waals surface area contributed by atoms with E-state index in [1.54, 1.807) is 24.3 Å². The summed E-state index contributed by atoms with van der Waals surface area (Å²) < 4.78 is 31.9. The van der Waals surface area contributed by atoms with Gasteiger partial charge < -0.3 is 4.42 Å². The molecule has 8 heteroatoms. The molecule has 3 aromatic rings. The highest BCUT2D eigenvalue weighted by atomic mass is 35.5. The Balaban J connectivity index is 1.84. The lowest BCUT2D eigenvalue weighted by Gasteiger charge is -2.07. The van der Waals surface area contributed by atoms with E-state index < -0.39 is 15.8 Å². The number of aromatic amines is 1. The second-order valence-corrected chi connectivity index (χ2v) is 6.83. The lowest BCUT2D eigenvalue weighted by atomic mass is 10.2. The maximum atomic E-state index is 12.3. The second kappa shape index (κ2) is 5.60. The number of nitrogens with one attached hydrogen (secondary N) is 2. The van der Waals surface area contributed by atoms with Crippen molar-refractivity contribution in [2.45, 2.75) is 11.4 Å². The summed E-state index contributed by atoms with van der Waals surface area (Å²) in [6.07, 6.45) is 0. The molecule has 0 unspecified atom stereocenters. The van der Waals surface area contributed by atoms with Gasteiger partial charge in [0, 0.05) is 11.6 Å². The molecule has 1 heterocycles. The van der Waals surface area contributed by atoms with Crippen molar-refractivity contribution in [3.05, 3.63) is 63.6 Å². The topological polar surface area (TPSA) is 92.2 Å². The van der Waals surface area contributed by atoms with Crippen LogP contribution in [-0.4, -0.2) is 13.4 Å². The number of rotatable bonds is 4. The summed E-state index contributed by atoms with van der Waals surface area (Å²) in [5.74, 6) is -0.626. The van der Waals surface area contributed by atoms with Gasteiger partial charge in [-0.25, -0.2) is 17.9 Å². The summed E-state index contributed by atoms with van der Waals surface area (Å²) in [5, 5.41) is 0.584. The van der Waals surface area contributed by atoms with E-state index in [2.05, 4.69) is 9.71 Å². The zero-order chi connectivity index (χ0) is 15.7. The molecule has 0 saturated carbocycles. The number of sulfonamides is 1. The maximum Gasteiger partial charge on any atom is 0.417 e. The zero-order valence-electron chi connectivity index (χ0n) is 11.2. The molecule has 114 valence electrons. The number of oxazole rings is 1. The minimum absolute atomic E-state index is 0.0472. The molecule has 0 radical (unpaired) electrons. The largest absolute Gasteiger partial charge is 0.417 e. The quantitative estimate of drug-likeness (QED) is 0.763. The Bertz CT molecular complexity index is 974. The van der Waals surface area contributed by atoms with E-state index in [4.69, 9.17) is 16.0 Å². The normalized spacial score (nSPS) is 11.9. The van der Waals surface area contributed by atoms with Crippen LogP contribution in [0.3, 0.4) is 0 Å². The fourth-order valence-corrected chi connectivity index (χ4v) is 3.13. The fraction of sp³-hybridized carbons (Fsp3) is 0.0714. The Labute approximate surface area is 130 Å². The van der Waals surface area contributed by atoms with Crippen molar-refractivity contribution in [3.63, 3.8) is 0 Å². The molecule has 22 heavy (non-hydrogen) atoms. The minimum atomic E-state index is -3.70. The number of hydrogen-bond donors (Lipinski definition) is 2. The van der Waals surface area contributed by atoms with Crippen molar-refractivity contribution in [3.8, 4) is 0 Å². The monoisotopic (exact) mass is 338 g/mol. The van der Waals surface area contributed by atoms with E-state index in [0.717, 1.165) is 5.56 Å². The molecular weight excluding hydrogens is 328 g/mol. The third-order valence-electron chi connectivity index (χ3n) is 3.08. The van der Waals surface area contributed by atoms with Crippen molar-refractivity contribution in [2.24, 2.45) is 0 Å². The average Bonchev–Trinajstić information content (AvgIpc) is 2.86. The molecule has 0 aliphatic carbocycles. The first kappa shape index (κ1) is 14.8. The van der Waals surface area contributed by atoms with Crippen molar-refractivity contribution >= 4 is 32.7 Å². The molecule has 6 nitrogen and oxygen atoms in total. The molecule has 0 saturated heterocycles. The predicted octanol–water partition coefficient (Wildman–Crippen LogP) is 2.25. The van der Waals surface area contributed by atoms with E-state index >= 15 is 0 Å². The summed E-state index contributed by atoms with van der Waals surface area (Å²) in [6.45, 7) is 0.138. The highest BCUT2D eigenvalue weighted by Gasteiger charge is 2.15. The van der Waals surface area contributed by atoms with E-state index in [9.17, 15) is 13.2 Å². The van der Waals surface area contributed by atoms with Crippen molar-refractivity contribution in [1.82, 2.24) is 9.71 Å². The van der Waals surface area contributed by atoms with Crippen LogP contribution in [-0.2, 0) is 16.6 Å². The first-order chi connectivity index (χ1) is 10.4. The maximum absolute atomic E-state index is 12.3. The van der Waals surface area contributed by atoms with Gasteiger partial charge in [-0.1, -0.05) is 23.7 Å². The zero-order valence-corrected chi connectivity index (χ0v) is 12.7. The van der Waals surface area contributed by atoms with E-state index in [0.29, 0.717) is 16.1 Å². The van der Waals surface area contributed by atoms with Gasteiger partial charge in [-0.2, -0.15) is 0 Å². The fourth-order valence-electron chi connectivity index (χ4n) is 1.96. The number of hydrogen-bond acceptors (Lipinski definition) is 4. The summed E-state index contributed by atoms with van der Waals surface area (Å²) in [4.78, 5) is 13.6. The molecule has 3 rings (SSSR count). The highest BCUT2D eigenvalue weighted by Crippen LogP contribution is 2.17. The Kier molecular flexibility index (Phi) is 3.78. The van der Waals surface area contributed by atoms with E-state index in [1.807, 2.05) is 0 Å². The van der Waals surface area contributed by atoms with Gasteiger partial charge in [0.15, 0.2) is 5.58 Å². The van der Waals surface area contributed by atoms with E-state index in [1.165, 1.54) is 18.2 Å². The van der Waals surface area contributed by atoms with E-state index in [-0.39, 0.29) is 11.4 Å². The molecule has 2 N–H and O–H groups in total. The van der Waals surface area contributed by atoms with Crippen LogP contribution in [0.1, 0.15) is 5.56 Å². The summed E-state index contributed by atoms with van der Waals surface area (Å²) >= 11 is 5.78. The standard InChI is InChI=1S/C14H11ClN2O4S/c15-10-3-1-9(2-4-10)8-16-22(19,20)11-5-6-13-12(7-11)17-14(18)21-13/h1-7,16H,8H2,(H,17,18). The van der Waals surface area contributed by atoms with Crippen LogP contribution in [0.4, 0.5) is 0 Å². The lowest BCUT2D eigenvalue weighted by Crippen LogP contribution is -2.23. The van der Waals surface area contributed by atoms with Gasteiger partial charge >= 0.3 is 5.76 Å². The highest BCUT2D eigenvalue weighted by molar-refractivity contribution is 7.89. The Morgan fingerprint density at radius 2 is 1.86 bits per heavy atom. The molecule has 0 atom stereocenters. The number of aromatic nitrogens is 1. The number of fused-ring (bicyclic) bond motifs is 1. The lowest BCUT2D eigenvalue weighted by molar-refractivity contribution is 0.555. The van der Waals surface area contributed by atoms with Gasteiger partial charge in [0.25, 0.3) is 0 Å². The first-order valence-corrected chi connectivity index (χ1v) is 8.17. The molecule has 0 spiro atoms. The first-order valence-electron chi connectivity index (χ1n) is 6.31. The second-order valence-electron chi connectivity index (χ2n) is 4.62. The van der Waals surface area contributed by atoms with Gasteiger partial charge in [0.1, 0.15) is 0 Å². The molecule has 1 aromatic heterocycles. The SMILES string of the molecule is O=c1[nH]c2cc(S(=O)(=O)NCc3ccc(Cl)cc3)ccc2o1. The van der Waals surface area contributed by atoms with Crippen LogP contribution in [0.15, 0.2) is 56.6 Å². The van der Waals surface area contributed by atoms with Gasteiger partial charge in [0.2, 0.25) is 10.0 Å². The molecule has 0 fully saturated rings. The van der Waals surface area contributed by atoms with Crippen LogP contribution in [0.5, 0.6) is 0 Å². The van der Waals surface area contributed by atoms with Crippen LogP contribution < -0.4 is 10.5 Å². The van der Waals surface area contributed by atoms with Crippen LogP contribution in [0.25, 0.3) is 11.1 Å². The number of H-pyrrole nitrogens is 1. The Morgan fingerprint density at radius 3 is 2.59 bits per heavy atom. The van der Waals surface area contributed by atoms with Gasteiger partial charge in [-0.05, 0) is 35.9 Å². The number of benzene rings is 2. The van der Waals surface area contributed by atoms with Gasteiger partial charge in [-0.15, -0.1) is 0 Å². The predicted molar refractivity (Wildman–Crippen MR) is 82.3 cm³/mol. The Hall–Kier alpha value is -2.09. The number of halogens is 1.